The third kappa shape index (κ3) is 8.35. The SMILES string of the molecule is COc1cc(-c2[o+]c3cc(O)cc(O)c3cc2O[C@@H]2OC(COC(=O)/C=C/c3ccc(O)c(O[C@@H]4OC(CO)[C@@H](O)[C@H](O)C4O)c3)[C@@H](O)C(O)C2O)ccc1O. The predicted octanol–water partition coefficient (Wildman–Crippen LogP) is -0.166. The normalized spacial score (nSPS) is 27.9. The van der Waals surface area contributed by atoms with Crippen molar-refractivity contribution in [3.05, 3.63) is 66.2 Å². The van der Waals surface area contributed by atoms with Gasteiger partial charge in [0.2, 0.25) is 18.3 Å². The van der Waals surface area contributed by atoms with Gasteiger partial charge < -0.3 is 84.6 Å². The van der Waals surface area contributed by atoms with Crippen LogP contribution >= 0.6 is 0 Å². The molecule has 1 aromatic heterocycles. The van der Waals surface area contributed by atoms with Gasteiger partial charge in [0, 0.05) is 24.3 Å². The van der Waals surface area contributed by atoms with Crippen LogP contribution in [0.4, 0.5) is 0 Å². The van der Waals surface area contributed by atoms with Gasteiger partial charge >= 0.3 is 17.3 Å². The van der Waals surface area contributed by atoms with Crippen LogP contribution in [0.5, 0.6) is 40.2 Å². The fourth-order valence-electron chi connectivity index (χ4n) is 5.96. The Kier molecular flexibility index (Phi) is 12.0. The number of hydrogen-bond acceptors (Lipinski definition) is 18. The Morgan fingerprint density at radius 2 is 1.34 bits per heavy atom. The Hall–Kier alpha value is -5.48. The number of methoxy groups -OCH3 is 1. The standard InChI is InChI=1S/C37H38O19/c1-50-23-9-16(4-6-19(23)40)35-25(12-18-21(42)10-17(39)11-22(18)52-35)54-37-34(49)32(47)30(45)27(56-37)14-51-28(43)7-3-15-2-5-20(41)24(8-15)53-36-33(48)31(46)29(44)26(13-38)55-36/h2-12,26-27,29-34,36-38,44-49H,13-14H2,1H3,(H3-,39,40,41,42,43)/p+1/t26?,27?,29-,30-,31+,32?,33?,34?,36-,37-/m1/s1. The lowest BCUT2D eigenvalue weighted by molar-refractivity contribution is -0.278. The average Bonchev–Trinajstić information content (AvgIpc) is 3.18. The van der Waals surface area contributed by atoms with Crippen molar-refractivity contribution in [1.29, 1.82) is 0 Å². The quantitative estimate of drug-likeness (QED) is 0.0534. The molecule has 0 radical (unpaired) electrons. The zero-order valence-electron chi connectivity index (χ0n) is 29.2. The van der Waals surface area contributed by atoms with E-state index in [4.69, 9.17) is 32.8 Å². The van der Waals surface area contributed by atoms with Gasteiger partial charge in [-0.3, -0.25) is 0 Å². The van der Waals surface area contributed by atoms with Crippen molar-refractivity contribution >= 4 is 23.0 Å². The molecule has 11 N–H and O–H groups in total. The Balaban J connectivity index is 1.16. The Labute approximate surface area is 316 Å². The van der Waals surface area contributed by atoms with Crippen molar-refractivity contribution in [2.75, 3.05) is 20.3 Å². The summed E-state index contributed by atoms with van der Waals surface area (Å²) in [6.45, 7) is -1.35. The third-order valence-corrected chi connectivity index (χ3v) is 9.05. The first kappa shape index (κ1) is 40.2. The lowest BCUT2D eigenvalue weighted by Crippen LogP contribution is -2.60. The molecule has 10 atom stereocenters. The van der Waals surface area contributed by atoms with Gasteiger partial charge in [-0.05, 0) is 35.9 Å². The number of esters is 1. The Bertz CT molecular complexity index is 2070. The summed E-state index contributed by atoms with van der Waals surface area (Å²) in [6.07, 6.45) is -14.4. The maximum atomic E-state index is 12.7. The summed E-state index contributed by atoms with van der Waals surface area (Å²) < 4.78 is 38.9. The minimum atomic E-state index is -1.87. The van der Waals surface area contributed by atoms with E-state index in [2.05, 4.69) is 0 Å². The summed E-state index contributed by atoms with van der Waals surface area (Å²) in [6, 6.07) is 11.6. The number of ether oxygens (including phenoxy) is 6. The van der Waals surface area contributed by atoms with Crippen LogP contribution in [0.3, 0.4) is 0 Å². The van der Waals surface area contributed by atoms with E-state index in [1.807, 2.05) is 0 Å². The Morgan fingerprint density at radius 3 is 2.02 bits per heavy atom. The number of benzene rings is 3. The number of aromatic hydroxyl groups is 4. The van der Waals surface area contributed by atoms with Crippen LogP contribution in [0.25, 0.3) is 28.4 Å². The van der Waals surface area contributed by atoms with E-state index in [0.29, 0.717) is 0 Å². The van der Waals surface area contributed by atoms with Gasteiger partial charge in [0.25, 0.3) is 0 Å². The molecule has 56 heavy (non-hydrogen) atoms. The van der Waals surface area contributed by atoms with Crippen LogP contribution in [-0.2, 0) is 19.0 Å². The maximum Gasteiger partial charge on any atom is 0.402 e. The highest BCUT2D eigenvalue weighted by Crippen LogP contribution is 2.42. The number of carbonyl (C=O) groups is 1. The zero-order chi connectivity index (χ0) is 40.4. The molecular weight excluding hydrogens is 748 g/mol. The van der Waals surface area contributed by atoms with Gasteiger partial charge in [0.05, 0.1) is 25.3 Å². The average molecular weight is 788 g/mol. The number of hydrogen-bond donors (Lipinski definition) is 11. The smallest absolute Gasteiger partial charge is 0.402 e. The van der Waals surface area contributed by atoms with Crippen molar-refractivity contribution in [1.82, 2.24) is 0 Å². The summed E-state index contributed by atoms with van der Waals surface area (Å²) in [4.78, 5) is 12.7. The fourth-order valence-corrected chi connectivity index (χ4v) is 5.96. The number of aliphatic hydroxyl groups excluding tert-OH is 7. The monoisotopic (exact) mass is 787 g/mol. The number of phenols is 4. The molecule has 0 bridgehead atoms. The highest BCUT2D eigenvalue weighted by molar-refractivity contribution is 5.89. The molecule has 2 aliphatic heterocycles. The molecule has 2 aliphatic rings. The molecule has 0 spiro atoms. The fraction of sp³-hybridized carbons (Fsp3) is 0.351. The molecule has 4 aromatic rings. The Morgan fingerprint density at radius 1 is 0.714 bits per heavy atom. The van der Waals surface area contributed by atoms with Gasteiger partial charge in [-0.2, -0.15) is 0 Å². The molecule has 0 amide bonds. The van der Waals surface area contributed by atoms with Gasteiger partial charge in [-0.1, -0.05) is 6.07 Å². The molecule has 2 saturated heterocycles. The number of aliphatic hydroxyl groups is 7. The van der Waals surface area contributed by atoms with Crippen LogP contribution < -0.4 is 14.2 Å². The second-order valence-corrected chi connectivity index (χ2v) is 12.8. The molecule has 0 saturated carbocycles. The highest BCUT2D eigenvalue weighted by atomic mass is 16.7. The lowest BCUT2D eigenvalue weighted by atomic mass is 9.99. The zero-order valence-corrected chi connectivity index (χ0v) is 29.2. The van der Waals surface area contributed by atoms with Crippen LogP contribution in [0.1, 0.15) is 5.56 Å². The van der Waals surface area contributed by atoms with E-state index in [-0.39, 0.29) is 56.6 Å². The van der Waals surface area contributed by atoms with Crippen LogP contribution in [0, 0.1) is 0 Å². The minimum Gasteiger partial charge on any atom is -0.507 e. The minimum absolute atomic E-state index is 0.0140. The summed E-state index contributed by atoms with van der Waals surface area (Å²) in [5, 5.41) is 113. The summed E-state index contributed by atoms with van der Waals surface area (Å²) in [5.74, 6) is -2.69. The largest absolute Gasteiger partial charge is 0.507 e. The van der Waals surface area contributed by atoms with Crippen molar-refractivity contribution in [3.8, 4) is 51.6 Å². The summed E-state index contributed by atoms with van der Waals surface area (Å²) in [5.41, 5.74) is 0.549. The van der Waals surface area contributed by atoms with Gasteiger partial charge in [-0.25, -0.2) is 9.21 Å². The molecule has 5 unspecified atom stereocenters. The van der Waals surface area contributed by atoms with E-state index in [9.17, 15) is 61.0 Å². The molecular formula is C37H39O19+. The van der Waals surface area contributed by atoms with Crippen molar-refractivity contribution in [2.24, 2.45) is 0 Å². The number of rotatable bonds is 11. The molecule has 3 heterocycles. The number of carbonyl (C=O) groups excluding carboxylic acids is 1. The topological polar surface area (TPSA) is 306 Å². The van der Waals surface area contributed by atoms with E-state index < -0.39 is 92.1 Å². The van der Waals surface area contributed by atoms with Gasteiger partial charge in [0.15, 0.2) is 23.0 Å². The number of phenolic OH excluding ortho intramolecular Hbond substituents is 4. The van der Waals surface area contributed by atoms with Crippen LogP contribution in [0.2, 0.25) is 0 Å². The summed E-state index contributed by atoms with van der Waals surface area (Å²) in [7, 11) is 1.32. The van der Waals surface area contributed by atoms with Crippen LogP contribution in [0.15, 0.2) is 65.1 Å². The molecule has 2 fully saturated rings. The van der Waals surface area contributed by atoms with Gasteiger partial charge in [-0.15, -0.1) is 0 Å². The first-order valence-electron chi connectivity index (χ1n) is 16.9. The third-order valence-electron chi connectivity index (χ3n) is 9.05. The van der Waals surface area contributed by atoms with E-state index in [1.165, 1.54) is 61.7 Å². The van der Waals surface area contributed by atoms with Gasteiger partial charge in [0.1, 0.15) is 72.3 Å². The molecule has 300 valence electrons. The summed E-state index contributed by atoms with van der Waals surface area (Å²) >= 11 is 0. The second-order valence-electron chi connectivity index (χ2n) is 12.8. The second kappa shape index (κ2) is 16.7. The molecule has 19 heteroatoms. The maximum absolute atomic E-state index is 12.7. The van der Waals surface area contributed by atoms with Crippen molar-refractivity contribution in [3.63, 3.8) is 0 Å². The highest BCUT2D eigenvalue weighted by Gasteiger charge is 2.47. The lowest BCUT2D eigenvalue weighted by Gasteiger charge is -2.39. The predicted molar refractivity (Wildman–Crippen MR) is 187 cm³/mol. The van der Waals surface area contributed by atoms with E-state index in [0.717, 1.165) is 12.1 Å². The van der Waals surface area contributed by atoms with Crippen LogP contribution in [-0.4, -0.2) is 144 Å². The van der Waals surface area contributed by atoms with Crippen molar-refractivity contribution < 1.29 is 93.8 Å². The first-order chi connectivity index (χ1) is 26.7. The first-order valence-corrected chi connectivity index (χ1v) is 16.9. The molecule has 0 aliphatic carbocycles. The van der Waals surface area contributed by atoms with E-state index in [1.54, 1.807) is 0 Å². The molecule has 19 nitrogen and oxygen atoms in total. The molecule has 3 aromatic carbocycles. The van der Waals surface area contributed by atoms with E-state index >= 15 is 0 Å². The van der Waals surface area contributed by atoms with Crippen molar-refractivity contribution in [2.45, 2.75) is 61.4 Å². The molecule has 6 rings (SSSR count). The number of fused-ring (bicyclic) bond motifs is 1.